The molecule has 138 valence electrons. The minimum absolute atomic E-state index is 0.0646. The van der Waals surface area contributed by atoms with Crippen LogP contribution in [0.5, 0.6) is 5.75 Å². The SMILES string of the molecule is CCOc1cccc(CC(C)(C#N)c2ccc3cc(CC)c(=O)[nH]c3c2)c1. The summed E-state index contributed by atoms with van der Waals surface area (Å²) >= 11 is 0. The number of hydrogen-bond donors (Lipinski definition) is 1. The van der Waals surface area contributed by atoms with E-state index in [9.17, 15) is 10.1 Å². The zero-order valence-electron chi connectivity index (χ0n) is 16.0. The lowest BCUT2D eigenvalue weighted by molar-refractivity contribution is 0.339. The summed E-state index contributed by atoms with van der Waals surface area (Å²) in [4.78, 5) is 15.1. The van der Waals surface area contributed by atoms with Crippen LogP contribution in [-0.2, 0) is 18.3 Å². The van der Waals surface area contributed by atoms with Gasteiger partial charge in [0.25, 0.3) is 5.56 Å². The summed E-state index contributed by atoms with van der Waals surface area (Å²) in [5, 5.41) is 10.9. The molecule has 0 aliphatic heterocycles. The summed E-state index contributed by atoms with van der Waals surface area (Å²) in [5.41, 5.74) is 2.69. The highest BCUT2D eigenvalue weighted by molar-refractivity contribution is 5.80. The molecule has 0 saturated heterocycles. The summed E-state index contributed by atoms with van der Waals surface area (Å²) < 4.78 is 5.57. The Morgan fingerprint density at radius 2 is 1.96 bits per heavy atom. The van der Waals surface area contributed by atoms with Gasteiger partial charge in [-0.3, -0.25) is 4.79 Å². The first-order valence-corrected chi connectivity index (χ1v) is 9.28. The van der Waals surface area contributed by atoms with E-state index in [1.165, 1.54) is 0 Å². The van der Waals surface area contributed by atoms with Gasteiger partial charge in [0.15, 0.2) is 0 Å². The van der Waals surface area contributed by atoms with Gasteiger partial charge in [0.1, 0.15) is 5.75 Å². The Bertz CT molecular complexity index is 1060. The largest absolute Gasteiger partial charge is 0.494 e. The molecular weight excluding hydrogens is 336 g/mol. The average molecular weight is 360 g/mol. The lowest BCUT2D eigenvalue weighted by atomic mass is 9.78. The van der Waals surface area contributed by atoms with Crippen molar-refractivity contribution in [2.45, 2.75) is 39.0 Å². The number of pyridine rings is 1. The van der Waals surface area contributed by atoms with Gasteiger partial charge in [-0.15, -0.1) is 0 Å². The van der Waals surface area contributed by atoms with Gasteiger partial charge in [0.2, 0.25) is 0 Å². The lowest BCUT2D eigenvalue weighted by Crippen LogP contribution is -2.23. The van der Waals surface area contributed by atoms with Crippen LogP contribution in [0.3, 0.4) is 0 Å². The number of ether oxygens (including phenoxy) is 1. The second kappa shape index (κ2) is 7.67. The maximum Gasteiger partial charge on any atom is 0.251 e. The lowest BCUT2D eigenvalue weighted by Gasteiger charge is -2.23. The third-order valence-electron chi connectivity index (χ3n) is 4.95. The number of aryl methyl sites for hydroxylation is 1. The summed E-state index contributed by atoms with van der Waals surface area (Å²) in [7, 11) is 0. The van der Waals surface area contributed by atoms with Crippen LogP contribution in [0.1, 0.15) is 37.5 Å². The first kappa shape index (κ1) is 18.7. The number of nitrogens with zero attached hydrogens (tertiary/aromatic N) is 1. The number of nitriles is 1. The average Bonchev–Trinajstić information content (AvgIpc) is 2.67. The molecular formula is C23H24N2O2. The van der Waals surface area contributed by atoms with Gasteiger partial charge < -0.3 is 9.72 Å². The van der Waals surface area contributed by atoms with E-state index in [-0.39, 0.29) is 5.56 Å². The van der Waals surface area contributed by atoms with Gasteiger partial charge in [0.05, 0.1) is 18.1 Å². The molecule has 0 fully saturated rings. The number of rotatable bonds is 6. The van der Waals surface area contributed by atoms with Crippen LogP contribution in [-0.4, -0.2) is 11.6 Å². The molecule has 1 atom stereocenters. The molecule has 0 bridgehead atoms. The quantitative estimate of drug-likeness (QED) is 0.703. The molecule has 0 saturated carbocycles. The van der Waals surface area contributed by atoms with Crippen LogP contribution in [0.2, 0.25) is 0 Å². The molecule has 1 heterocycles. The van der Waals surface area contributed by atoms with Crippen molar-refractivity contribution in [3.05, 3.63) is 75.6 Å². The van der Waals surface area contributed by atoms with Gasteiger partial charge >= 0.3 is 0 Å². The number of nitrogens with one attached hydrogen (secondary N) is 1. The Morgan fingerprint density at radius 3 is 2.67 bits per heavy atom. The minimum Gasteiger partial charge on any atom is -0.494 e. The Labute approximate surface area is 159 Å². The number of fused-ring (bicyclic) bond motifs is 1. The van der Waals surface area contributed by atoms with Crippen molar-refractivity contribution >= 4 is 10.9 Å². The van der Waals surface area contributed by atoms with E-state index in [0.29, 0.717) is 19.4 Å². The molecule has 4 heteroatoms. The monoisotopic (exact) mass is 360 g/mol. The third-order valence-corrected chi connectivity index (χ3v) is 4.95. The standard InChI is InChI=1S/C23H24N2O2/c1-4-17-12-18-9-10-19(13-21(18)25-22(17)26)23(3,15-24)14-16-7-6-8-20(11-16)27-5-2/h6-13H,4-5,14H2,1-3H3,(H,25,26). The van der Waals surface area contributed by atoms with Crippen LogP contribution in [0.25, 0.3) is 10.9 Å². The molecule has 2 aromatic carbocycles. The van der Waals surface area contributed by atoms with Gasteiger partial charge in [-0.2, -0.15) is 5.26 Å². The molecule has 4 nitrogen and oxygen atoms in total. The zero-order chi connectivity index (χ0) is 19.4. The van der Waals surface area contributed by atoms with Gasteiger partial charge in [-0.05, 0) is 67.5 Å². The van der Waals surface area contributed by atoms with E-state index in [1.807, 2.05) is 69.3 Å². The Kier molecular flexibility index (Phi) is 5.32. The summed E-state index contributed by atoms with van der Waals surface area (Å²) in [6.07, 6.45) is 1.26. The van der Waals surface area contributed by atoms with Crippen molar-refractivity contribution in [3.8, 4) is 11.8 Å². The fourth-order valence-corrected chi connectivity index (χ4v) is 3.38. The van der Waals surface area contributed by atoms with Crippen LogP contribution in [0.4, 0.5) is 0 Å². The minimum atomic E-state index is -0.709. The number of aromatic amines is 1. The van der Waals surface area contributed by atoms with E-state index in [1.54, 1.807) is 0 Å². The molecule has 3 rings (SSSR count). The number of H-pyrrole nitrogens is 1. The van der Waals surface area contributed by atoms with Crippen molar-refractivity contribution in [1.82, 2.24) is 4.98 Å². The molecule has 1 aromatic heterocycles. The fourth-order valence-electron chi connectivity index (χ4n) is 3.38. The number of aromatic nitrogens is 1. The predicted octanol–water partition coefficient (Wildman–Crippen LogP) is 4.51. The summed E-state index contributed by atoms with van der Waals surface area (Å²) in [6.45, 7) is 6.45. The summed E-state index contributed by atoms with van der Waals surface area (Å²) in [6, 6.07) is 18.1. The molecule has 0 amide bonds. The van der Waals surface area contributed by atoms with Crippen molar-refractivity contribution in [1.29, 1.82) is 5.26 Å². The van der Waals surface area contributed by atoms with Crippen molar-refractivity contribution in [3.63, 3.8) is 0 Å². The molecule has 1 unspecified atom stereocenters. The maximum absolute atomic E-state index is 12.2. The van der Waals surface area contributed by atoms with Crippen molar-refractivity contribution in [2.24, 2.45) is 0 Å². The Morgan fingerprint density at radius 1 is 1.15 bits per heavy atom. The predicted molar refractivity (Wildman–Crippen MR) is 108 cm³/mol. The molecule has 3 aromatic rings. The second-order valence-corrected chi connectivity index (χ2v) is 6.98. The highest BCUT2D eigenvalue weighted by Gasteiger charge is 2.27. The normalized spacial score (nSPS) is 13.1. The van der Waals surface area contributed by atoms with Crippen LogP contribution in [0.15, 0.2) is 53.3 Å². The van der Waals surface area contributed by atoms with Crippen molar-refractivity contribution < 1.29 is 4.74 Å². The van der Waals surface area contributed by atoms with Crippen molar-refractivity contribution in [2.75, 3.05) is 6.61 Å². The Hall–Kier alpha value is -3.06. The zero-order valence-corrected chi connectivity index (χ0v) is 16.0. The number of benzene rings is 2. The van der Waals surface area contributed by atoms with E-state index >= 15 is 0 Å². The highest BCUT2D eigenvalue weighted by atomic mass is 16.5. The molecule has 1 N–H and O–H groups in total. The topological polar surface area (TPSA) is 65.9 Å². The van der Waals surface area contributed by atoms with Gasteiger partial charge in [0, 0.05) is 11.1 Å². The van der Waals surface area contributed by atoms with E-state index in [0.717, 1.165) is 33.3 Å². The van der Waals surface area contributed by atoms with E-state index in [4.69, 9.17) is 4.74 Å². The first-order chi connectivity index (χ1) is 13.0. The molecule has 0 aliphatic carbocycles. The summed E-state index contributed by atoms with van der Waals surface area (Å²) in [5.74, 6) is 0.810. The van der Waals surface area contributed by atoms with Crippen LogP contribution in [0, 0.1) is 11.3 Å². The molecule has 0 aliphatic rings. The Balaban J connectivity index is 2.00. The maximum atomic E-state index is 12.2. The highest BCUT2D eigenvalue weighted by Crippen LogP contribution is 2.30. The third kappa shape index (κ3) is 3.88. The molecule has 0 spiro atoms. The first-order valence-electron chi connectivity index (χ1n) is 9.28. The van der Waals surface area contributed by atoms with E-state index in [2.05, 4.69) is 11.1 Å². The van der Waals surface area contributed by atoms with Crippen LogP contribution >= 0.6 is 0 Å². The molecule has 0 radical (unpaired) electrons. The van der Waals surface area contributed by atoms with Gasteiger partial charge in [-0.25, -0.2) is 0 Å². The smallest absolute Gasteiger partial charge is 0.251 e. The van der Waals surface area contributed by atoms with E-state index < -0.39 is 5.41 Å². The van der Waals surface area contributed by atoms with Crippen LogP contribution < -0.4 is 10.3 Å². The fraction of sp³-hybridized carbons (Fsp3) is 0.304. The second-order valence-electron chi connectivity index (χ2n) is 6.98. The van der Waals surface area contributed by atoms with Gasteiger partial charge in [-0.1, -0.05) is 31.2 Å². The molecule has 27 heavy (non-hydrogen) atoms. The number of hydrogen-bond acceptors (Lipinski definition) is 3.